The van der Waals surface area contributed by atoms with Crippen molar-refractivity contribution in [3.05, 3.63) is 40.9 Å². The van der Waals surface area contributed by atoms with Crippen LogP contribution in [0.2, 0.25) is 10.0 Å². The van der Waals surface area contributed by atoms with Gasteiger partial charge in [-0.2, -0.15) is 4.99 Å². The number of aliphatic imine (C=N–C) groups is 1. The Balaban J connectivity index is 2.38. The van der Waals surface area contributed by atoms with Gasteiger partial charge in [0.25, 0.3) is 5.91 Å². The fourth-order valence-corrected chi connectivity index (χ4v) is 2.11. The maximum Gasteiger partial charge on any atom is 0.355 e. The molecule has 1 aromatic rings. The van der Waals surface area contributed by atoms with Crippen molar-refractivity contribution in [2.45, 2.75) is 6.42 Å². The van der Waals surface area contributed by atoms with Gasteiger partial charge in [-0.1, -0.05) is 29.3 Å². The molecule has 0 N–H and O–H groups in total. The van der Waals surface area contributed by atoms with Crippen molar-refractivity contribution in [1.82, 2.24) is 0 Å². The van der Waals surface area contributed by atoms with Gasteiger partial charge in [-0.15, -0.1) is 6.58 Å². The molecule has 0 saturated heterocycles. The highest BCUT2D eigenvalue weighted by Crippen LogP contribution is 2.28. The van der Waals surface area contributed by atoms with Crippen LogP contribution in [-0.2, 0) is 4.79 Å². The minimum atomic E-state index is -0.643. The molecule has 0 atom stereocenters. The first-order valence-electron chi connectivity index (χ1n) is 5.06. The van der Waals surface area contributed by atoms with E-state index in [1.54, 1.807) is 0 Å². The van der Waals surface area contributed by atoms with E-state index in [4.69, 9.17) is 23.2 Å². The molecule has 1 aliphatic rings. The van der Waals surface area contributed by atoms with Crippen molar-refractivity contribution >= 4 is 46.5 Å². The van der Waals surface area contributed by atoms with Crippen LogP contribution in [-0.4, -0.2) is 17.6 Å². The van der Waals surface area contributed by atoms with Gasteiger partial charge < -0.3 is 0 Å². The Morgan fingerprint density at radius 2 is 1.83 bits per heavy atom. The smallest absolute Gasteiger partial charge is 0.267 e. The van der Waals surface area contributed by atoms with Crippen molar-refractivity contribution in [2.75, 3.05) is 4.90 Å². The summed E-state index contributed by atoms with van der Waals surface area (Å²) >= 11 is 11.7. The number of urea groups is 1. The van der Waals surface area contributed by atoms with Crippen LogP contribution in [0.15, 0.2) is 35.8 Å². The molecule has 3 amide bonds. The molecule has 0 unspecified atom stereocenters. The normalized spacial score (nSPS) is 15.0. The Labute approximate surface area is 114 Å². The van der Waals surface area contributed by atoms with E-state index in [1.807, 2.05) is 0 Å². The Morgan fingerprint density at radius 3 is 2.39 bits per heavy atom. The average molecular weight is 283 g/mol. The number of benzene rings is 1. The Kier molecular flexibility index (Phi) is 3.50. The quantitative estimate of drug-likeness (QED) is 0.797. The molecular formula is C12H8Cl2N2O2. The summed E-state index contributed by atoms with van der Waals surface area (Å²) in [4.78, 5) is 28.3. The number of nitrogens with zero attached hydrogens (tertiary/aromatic N) is 2. The number of hydrogen-bond donors (Lipinski definition) is 0. The van der Waals surface area contributed by atoms with Crippen molar-refractivity contribution in [1.29, 1.82) is 0 Å². The first-order chi connectivity index (χ1) is 8.52. The van der Waals surface area contributed by atoms with Crippen LogP contribution in [0, 0.1) is 0 Å². The lowest BCUT2D eigenvalue weighted by Crippen LogP contribution is -2.32. The van der Waals surface area contributed by atoms with Crippen molar-refractivity contribution in [3.8, 4) is 0 Å². The summed E-state index contributed by atoms with van der Waals surface area (Å²) < 4.78 is 0. The predicted molar refractivity (Wildman–Crippen MR) is 71.6 cm³/mol. The molecule has 6 heteroatoms. The van der Waals surface area contributed by atoms with E-state index in [2.05, 4.69) is 11.6 Å². The zero-order chi connectivity index (χ0) is 13.3. The first kappa shape index (κ1) is 12.8. The fourth-order valence-electron chi connectivity index (χ4n) is 1.59. The average Bonchev–Trinajstić information content (AvgIpc) is 2.53. The minimum absolute atomic E-state index is 0.158. The molecule has 0 fully saturated rings. The van der Waals surface area contributed by atoms with Crippen LogP contribution in [0.1, 0.15) is 6.42 Å². The van der Waals surface area contributed by atoms with Gasteiger partial charge in [0.05, 0.1) is 5.69 Å². The predicted octanol–water partition coefficient (Wildman–Crippen LogP) is 3.48. The third-order valence-electron chi connectivity index (χ3n) is 2.32. The van der Waals surface area contributed by atoms with Crippen LogP contribution >= 0.6 is 23.2 Å². The summed E-state index contributed by atoms with van der Waals surface area (Å²) in [6.45, 7) is 3.50. The molecule has 18 heavy (non-hydrogen) atoms. The number of rotatable bonds is 3. The Bertz CT molecular complexity index is 561. The third-order valence-corrected chi connectivity index (χ3v) is 2.75. The molecule has 2 rings (SSSR count). The lowest BCUT2D eigenvalue weighted by molar-refractivity contribution is -0.111. The van der Waals surface area contributed by atoms with E-state index in [0.29, 0.717) is 15.7 Å². The van der Waals surface area contributed by atoms with Crippen molar-refractivity contribution in [3.63, 3.8) is 0 Å². The third kappa shape index (κ3) is 2.30. The Hall–Kier alpha value is -1.65. The lowest BCUT2D eigenvalue weighted by Gasteiger charge is -2.13. The number of halogens is 2. The van der Waals surface area contributed by atoms with Crippen molar-refractivity contribution < 1.29 is 9.59 Å². The highest BCUT2D eigenvalue weighted by Gasteiger charge is 2.33. The standard InChI is InChI=1S/C12H8Cl2N2O2/c1-2-3-10-11(17)16(12(18)15-10)9-5-7(13)4-8(14)6-9/h2,4-6H,1,3H2. The van der Waals surface area contributed by atoms with E-state index in [0.717, 1.165) is 4.90 Å². The minimum Gasteiger partial charge on any atom is -0.267 e. The molecule has 0 aromatic heterocycles. The van der Waals surface area contributed by atoms with E-state index in [-0.39, 0.29) is 12.1 Å². The summed E-state index contributed by atoms with van der Waals surface area (Å²) in [5.41, 5.74) is 0.469. The zero-order valence-electron chi connectivity index (χ0n) is 9.19. The van der Waals surface area contributed by atoms with Gasteiger partial charge in [0.2, 0.25) is 0 Å². The van der Waals surface area contributed by atoms with E-state index in [9.17, 15) is 9.59 Å². The van der Waals surface area contributed by atoms with Gasteiger partial charge in [0.1, 0.15) is 5.71 Å². The van der Waals surface area contributed by atoms with Gasteiger partial charge in [-0.05, 0) is 18.2 Å². The van der Waals surface area contributed by atoms with Crippen LogP contribution in [0.25, 0.3) is 0 Å². The highest BCUT2D eigenvalue weighted by atomic mass is 35.5. The second kappa shape index (κ2) is 4.92. The van der Waals surface area contributed by atoms with Crippen LogP contribution in [0.3, 0.4) is 0 Å². The number of allylic oxidation sites excluding steroid dienone is 1. The molecule has 0 radical (unpaired) electrons. The molecule has 0 spiro atoms. The van der Waals surface area contributed by atoms with Gasteiger partial charge in [-0.3, -0.25) is 4.79 Å². The summed E-state index contributed by atoms with van der Waals surface area (Å²) in [6.07, 6.45) is 1.76. The SMILES string of the molecule is C=CCC1=NC(=O)N(c2cc(Cl)cc(Cl)c2)C1=O. The zero-order valence-corrected chi connectivity index (χ0v) is 10.7. The molecule has 1 aromatic carbocycles. The highest BCUT2D eigenvalue weighted by molar-refractivity contribution is 6.54. The van der Waals surface area contributed by atoms with Gasteiger partial charge in [0.15, 0.2) is 0 Å². The van der Waals surface area contributed by atoms with Gasteiger partial charge >= 0.3 is 6.03 Å². The molecule has 4 nitrogen and oxygen atoms in total. The van der Waals surface area contributed by atoms with E-state index < -0.39 is 11.9 Å². The van der Waals surface area contributed by atoms with E-state index in [1.165, 1.54) is 24.3 Å². The second-order valence-electron chi connectivity index (χ2n) is 3.60. The fraction of sp³-hybridized carbons (Fsp3) is 0.0833. The Morgan fingerprint density at radius 1 is 1.22 bits per heavy atom. The number of carbonyl (C=O) groups excluding carboxylic acids is 2. The number of carbonyl (C=O) groups is 2. The second-order valence-corrected chi connectivity index (χ2v) is 4.47. The van der Waals surface area contributed by atoms with Gasteiger partial charge in [-0.25, -0.2) is 9.69 Å². The first-order valence-corrected chi connectivity index (χ1v) is 5.81. The number of hydrogen-bond acceptors (Lipinski definition) is 2. The topological polar surface area (TPSA) is 49.7 Å². The molecule has 0 aliphatic carbocycles. The van der Waals surface area contributed by atoms with Crippen LogP contribution in [0.4, 0.5) is 10.5 Å². The molecule has 1 aliphatic heterocycles. The maximum absolute atomic E-state index is 12.0. The maximum atomic E-state index is 12.0. The molecular weight excluding hydrogens is 275 g/mol. The summed E-state index contributed by atoms with van der Waals surface area (Å²) in [7, 11) is 0. The summed E-state index contributed by atoms with van der Waals surface area (Å²) in [5, 5.41) is 0.686. The van der Waals surface area contributed by atoms with Crippen molar-refractivity contribution in [2.24, 2.45) is 4.99 Å². The lowest BCUT2D eigenvalue weighted by atomic mass is 10.2. The molecule has 0 saturated carbocycles. The van der Waals surface area contributed by atoms with E-state index >= 15 is 0 Å². The summed E-state index contributed by atoms with van der Waals surface area (Å²) in [6, 6.07) is 3.84. The van der Waals surface area contributed by atoms with Crippen LogP contribution in [0.5, 0.6) is 0 Å². The molecule has 1 heterocycles. The number of imide groups is 1. The number of anilines is 1. The number of amides is 3. The molecule has 0 bridgehead atoms. The monoisotopic (exact) mass is 282 g/mol. The molecule has 92 valence electrons. The van der Waals surface area contributed by atoms with Crippen LogP contribution < -0.4 is 4.90 Å². The van der Waals surface area contributed by atoms with Gasteiger partial charge in [0, 0.05) is 16.5 Å². The summed E-state index contributed by atoms with van der Waals surface area (Å²) in [5.74, 6) is -0.474. The largest absolute Gasteiger partial charge is 0.355 e.